The summed E-state index contributed by atoms with van der Waals surface area (Å²) < 4.78 is 5.32. The standard InChI is InChI=1S/C21H21NO4/c1-3-11-21(14-26-2)12-10-17-13-16(6-9-19(17)20(21)23)15-4-7-18(8-5-15)22(24)25/h3-9,13H,1,10-12,14H2,2H3. The Labute approximate surface area is 152 Å². The highest BCUT2D eigenvalue weighted by Crippen LogP contribution is 2.40. The second-order valence-corrected chi connectivity index (χ2v) is 6.71. The molecule has 2 aromatic rings. The van der Waals surface area contributed by atoms with Gasteiger partial charge in [0.15, 0.2) is 5.78 Å². The van der Waals surface area contributed by atoms with Gasteiger partial charge in [-0.25, -0.2) is 0 Å². The fraction of sp³-hybridized carbons (Fsp3) is 0.286. The number of allylic oxidation sites excluding steroid dienone is 1. The molecule has 26 heavy (non-hydrogen) atoms. The molecule has 0 radical (unpaired) electrons. The number of methoxy groups -OCH3 is 1. The fourth-order valence-electron chi connectivity index (χ4n) is 3.69. The number of non-ortho nitro benzene ring substituents is 1. The summed E-state index contributed by atoms with van der Waals surface area (Å²) in [5, 5.41) is 10.8. The minimum absolute atomic E-state index is 0.0654. The third kappa shape index (κ3) is 3.18. The Balaban J connectivity index is 1.94. The number of hydrogen-bond acceptors (Lipinski definition) is 4. The lowest BCUT2D eigenvalue weighted by Crippen LogP contribution is -2.39. The van der Waals surface area contributed by atoms with Gasteiger partial charge in [-0.1, -0.05) is 24.3 Å². The van der Waals surface area contributed by atoms with E-state index in [-0.39, 0.29) is 11.5 Å². The molecule has 0 N–H and O–H groups in total. The number of ether oxygens (including phenoxy) is 1. The number of nitro groups is 1. The predicted molar refractivity (Wildman–Crippen MR) is 100 cm³/mol. The molecule has 3 rings (SSSR count). The molecule has 0 spiro atoms. The molecule has 0 heterocycles. The number of carbonyl (C=O) groups is 1. The van der Waals surface area contributed by atoms with E-state index >= 15 is 0 Å². The van der Waals surface area contributed by atoms with Crippen LogP contribution in [0.2, 0.25) is 0 Å². The van der Waals surface area contributed by atoms with E-state index in [9.17, 15) is 14.9 Å². The Hall–Kier alpha value is -2.79. The minimum atomic E-state index is -0.529. The summed E-state index contributed by atoms with van der Waals surface area (Å²) in [5.74, 6) is 0.107. The average molecular weight is 351 g/mol. The average Bonchev–Trinajstić information content (AvgIpc) is 2.65. The third-order valence-corrected chi connectivity index (χ3v) is 5.07. The first kappa shape index (κ1) is 18.0. The Morgan fingerprint density at radius 1 is 1.23 bits per heavy atom. The monoisotopic (exact) mass is 351 g/mol. The fourth-order valence-corrected chi connectivity index (χ4v) is 3.69. The van der Waals surface area contributed by atoms with Gasteiger partial charge in [0, 0.05) is 24.8 Å². The molecule has 5 nitrogen and oxygen atoms in total. The van der Waals surface area contributed by atoms with Crippen LogP contribution in [0, 0.1) is 15.5 Å². The topological polar surface area (TPSA) is 69.4 Å². The number of benzene rings is 2. The number of nitrogens with zero attached hydrogens (tertiary/aromatic N) is 1. The minimum Gasteiger partial charge on any atom is -0.384 e. The number of hydrogen-bond donors (Lipinski definition) is 0. The van der Waals surface area contributed by atoms with Crippen LogP contribution in [0.1, 0.15) is 28.8 Å². The predicted octanol–water partition coefficient (Wildman–Crippen LogP) is 4.60. The Morgan fingerprint density at radius 3 is 2.54 bits per heavy atom. The summed E-state index contributed by atoms with van der Waals surface area (Å²) in [6, 6.07) is 12.2. The summed E-state index contributed by atoms with van der Waals surface area (Å²) >= 11 is 0. The van der Waals surface area contributed by atoms with Gasteiger partial charge >= 0.3 is 0 Å². The molecule has 134 valence electrons. The van der Waals surface area contributed by atoms with E-state index in [1.165, 1.54) is 12.1 Å². The van der Waals surface area contributed by atoms with Gasteiger partial charge < -0.3 is 4.74 Å². The quantitative estimate of drug-likeness (QED) is 0.433. The van der Waals surface area contributed by atoms with Crippen molar-refractivity contribution in [3.05, 3.63) is 76.4 Å². The molecule has 0 aromatic heterocycles. The smallest absolute Gasteiger partial charge is 0.269 e. The SMILES string of the molecule is C=CCC1(COC)CCc2cc(-c3ccc([N+](=O)[O-])cc3)ccc2C1=O. The van der Waals surface area contributed by atoms with Crippen LogP contribution in [0.3, 0.4) is 0 Å². The molecule has 1 aliphatic carbocycles. The van der Waals surface area contributed by atoms with Gasteiger partial charge in [-0.3, -0.25) is 14.9 Å². The normalized spacial score (nSPS) is 19.0. The van der Waals surface area contributed by atoms with E-state index in [2.05, 4.69) is 6.58 Å². The van der Waals surface area contributed by atoms with Crippen molar-refractivity contribution in [1.82, 2.24) is 0 Å². The van der Waals surface area contributed by atoms with Crippen molar-refractivity contribution >= 4 is 11.5 Å². The molecule has 0 saturated heterocycles. The molecule has 0 amide bonds. The van der Waals surface area contributed by atoms with Crippen molar-refractivity contribution in [3.8, 4) is 11.1 Å². The molecule has 1 atom stereocenters. The molecule has 5 heteroatoms. The van der Waals surface area contributed by atoms with Gasteiger partial charge in [-0.2, -0.15) is 0 Å². The first-order valence-electron chi connectivity index (χ1n) is 8.53. The van der Waals surface area contributed by atoms with Gasteiger partial charge in [-0.05, 0) is 48.1 Å². The highest BCUT2D eigenvalue weighted by molar-refractivity contribution is 6.03. The Morgan fingerprint density at radius 2 is 1.92 bits per heavy atom. The van der Waals surface area contributed by atoms with Gasteiger partial charge in [0.25, 0.3) is 5.69 Å². The van der Waals surface area contributed by atoms with Crippen molar-refractivity contribution in [2.45, 2.75) is 19.3 Å². The maximum Gasteiger partial charge on any atom is 0.269 e. The summed E-state index contributed by atoms with van der Waals surface area (Å²) in [6.45, 7) is 4.18. The number of carbonyl (C=O) groups excluding carboxylic acids is 1. The van der Waals surface area contributed by atoms with Crippen LogP contribution in [0.15, 0.2) is 55.1 Å². The van der Waals surface area contributed by atoms with Crippen LogP contribution >= 0.6 is 0 Å². The number of ketones is 1. The highest BCUT2D eigenvalue weighted by Gasteiger charge is 2.41. The van der Waals surface area contributed by atoms with E-state index in [1.54, 1.807) is 25.3 Å². The summed E-state index contributed by atoms with van der Waals surface area (Å²) in [7, 11) is 1.62. The van der Waals surface area contributed by atoms with Gasteiger partial charge in [0.2, 0.25) is 0 Å². The number of aryl methyl sites for hydroxylation is 1. The first-order chi connectivity index (χ1) is 12.5. The van der Waals surface area contributed by atoms with E-state index < -0.39 is 10.3 Å². The second-order valence-electron chi connectivity index (χ2n) is 6.71. The molecular weight excluding hydrogens is 330 g/mol. The van der Waals surface area contributed by atoms with Crippen LogP contribution < -0.4 is 0 Å². The van der Waals surface area contributed by atoms with E-state index in [0.29, 0.717) is 13.0 Å². The highest BCUT2D eigenvalue weighted by atomic mass is 16.6. The van der Waals surface area contributed by atoms with Crippen LogP contribution in [0.25, 0.3) is 11.1 Å². The largest absolute Gasteiger partial charge is 0.384 e. The molecule has 0 saturated carbocycles. The lowest BCUT2D eigenvalue weighted by atomic mass is 9.68. The molecular formula is C21H21NO4. The van der Waals surface area contributed by atoms with Crippen LogP contribution in [-0.4, -0.2) is 24.4 Å². The number of Topliss-reactive ketones (excluding diaryl/α,β-unsaturated/α-hetero) is 1. The molecule has 2 aromatic carbocycles. The Bertz CT molecular complexity index is 857. The summed E-state index contributed by atoms with van der Waals surface area (Å²) in [4.78, 5) is 23.5. The van der Waals surface area contributed by atoms with Crippen molar-refractivity contribution in [1.29, 1.82) is 0 Å². The number of nitro benzene ring substituents is 1. The third-order valence-electron chi connectivity index (χ3n) is 5.07. The van der Waals surface area contributed by atoms with Gasteiger partial charge in [-0.15, -0.1) is 6.58 Å². The summed E-state index contributed by atoms with van der Waals surface area (Å²) in [5.41, 5.74) is 3.14. The number of fused-ring (bicyclic) bond motifs is 1. The summed E-state index contributed by atoms with van der Waals surface area (Å²) in [6.07, 6.45) is 3.90. The zero-order valence-electron chi connectivity index (χ0n) is 14.7. The van der Waals surface area contributed by atoms with Crippen molar-refractivity contribution in [2.75, 3.05) is 13.7 Å². The van der Waals surface area contributed by atoms with Crippen LogP contribution in [0.4, 0.5) is 5.69 Å². The van der Waals surface area contributed by atoms with E-state index in [1.807, 2.05) is 18.2 Å². The number of rotatable bonds is 6. The molecule has 0 aliphatic heterocycles. The maximum atomic E-state index is 13.1. The van der Waals surface area contributed by atoms with Crippen molar-refractivity contribution < 1.29 is 14.5 Å². The molecule has 1 aliphatic rings. The van der Waals surface area contributed by atoms with Crippen LogP contribution in [0.5, 0.6) is 0 Å². The lowest BCUT2D eigenvalue weighted by molar-refractivity contribution is -0.384. The Kier molecular flexibility index (Phi) is 5.00. The zero-order valence-corrected chi connectivity index (χ0v) is 14.7. The van der Waals surface area contributed by atoms with Crippen molar-refractivity contribution in [3.63, 3.8) is 0 Å². The molecule has 1 unspecified atom stereocenters. The molecule has 0 bridgehead atoms. The maximum absolute atomic E-state index is 13.1. The zero-order chi connectivity index (χ0) is 18.7. The van der Waals surface area contributed by atoms with Crippen LogP contribution in [-0.2, 0) is 11.2 Å². The second kappa shape index (κ2) is 7.22. The van der Waals surface area contributed by atoms with Crippen molar-refractivity contribution in [2.24, 2.45) is 5.41 Å². The molecule has 0 fully saturated rings. The van der Waals surface area contributed by atoms with Gasteiger partial charge in [0.05, 0.1) is 16.9 Å². The van der Waals surface area contributed by atoms with Gasteiger partial charge in [0.1, 0.15) is 0 Å². The van der Waals surface area contributed by atoms with E-state index in [4.69, 9.17) is 4.74 Å². The van der Waals surface area contributed by atoms with E-state index in [0.717, 1.165) is 35.1 Å². The lowest BCUT2D eigenvalue weighted by Gasteiger charge is -2.35. The first-order valence-corrected chi connectivity index (χ1v) is 8.53.